The molecule has 1 N–H and O–H groups in total. The van der Waals surface area contributed by atoms with Crippen molar-refractivity contribution in [3.8, 4) is 0 Å². The summed E-state index contributed by atoms with van der Waals surface area (Å²) in [5.41, 5.74) is 0. The van der Waals surface area contributed by atoms with E-state index >= 15 is 0 Å². The number of aliphatic hydroxyl groups excluding tert-OH is 1. The fourth-order valence-corrected chi connectivity index (χ4v) is 5.09. The Hall–Kier alpha value is -2.14. The minimum atomic E-state index is -0.973. The number of ether oxygens (including phenoxy) is 2. The number of unbranched alkanes of at least 4 members (excludes halogenated alkanes) is 18. The summed E-state index contributed by atoms with van der Waals surface area (Å²) in [6.07, 6.45) is 45.8. The fourth-order valence-electron chi connectivity index (χ4n) is 5.09. The van der Waals surface area contributed by atoms with E-state index in [2.05, 4.69) is 62.5 Å². The van der Waals surface area contributed by atoms with Crippen LogP contribution in [0.25, 0.3) is 0 Å². The molecule has 0 aromatic heterocycles. The van der Waals surface area contributed by atoms with Crippen LogP contribution in [0.15, 0.2) is 48.6 Å². The lowest BCUT2D eigenvalue weighted by atomic mass is 10.1. The maximum atomic E-state index is 12.0. The highest BCUT2D eigenvalue weighted by Crippen LogP contribution is 2.11. The van der Waals surface area contributed by atoms with Gasteiger partial charge in [0.25, 0.3) is 0 Å². The van der Waals surface area contributed by atoms with E-state index < -0.39 is 6.10 Å². The zero-order valence-electron chi connectivity index (χ0n) is 30.1. The van der Waals surface area contributed by atoms with Crippen LogP contribution in [0.4, 0.5) is 0 Å². The smallest absolute Gasteiger partial charge is 0.305 e. The fraction of sp³-hybridized carbons (Fsp3) is 0.756. The Morgan fingerprint density at radius 2 is 0.761 bits per heavy atom. The van der Waals surface area contributed by atoms with Gasteiger partial charge in [0.15, 0.2) is 0 Å². The molecule has 5 heteroatoms. The zero-order chi connectivity index (χ0) is 33.6. The van der Waals surface area contributed by atoms with Gasteiger partial charge in [0.2, 0.25) is 0 Å². The predicted molar refractivity (Wildman–Crippen MR) is 196 cm³/mol. The molecule has 0 aliphatic rings. The Bertz CT molecular complexity index is 718. The molecular weight excluding hydrogens is 572 g/mol. The lowest BCUT2D eigenvalue weighted by molar-refractivity contribution is -0.152. The lowest BCUT2D eigenvalue weighted by Crippen LogP contribution is -2.25. The Labute approximate surface area is 284 Å². The molecule has 0 spiro atoms. The molecule has 0 saturated carbocycles. The summed E-state index contributed by atoms with van der Waals surface area (Å²) in [7, 11) is 0. The predicted octanol–water partition coefficient (Wildman–Crippen LogP) is 11.8. The van der Waals surface area contributed by atoms with Gasteiger partial charge in [-0.1, -0.05) is 140 Å². The van der Waals surface area contributed by atoms with Gasteiger partial charge in [-0.15, -0.1) is 0 Å². The number of rotatable bonds is 34. The number of allylic oxidation sites excluding steroid dienone is 8. The van der Waals surface area contributed by atoms with E-state index in [0.29, 0.717) is 12.8 Å². The molecule has 266 valence electrons. The first-order valence-corrected chi connectivity index (χ1v) is 19.2. The molecule has 46 heavy (non-hydrogen) atoms. The average Bonchev–Trinajstić information content (AvgIpc) is 3.06. The van der Waals surface area contributed by atoms with Crippen molar-refractivity contribution in [3.63, 3.8) is 0 Å². The number of hydrogen-bond donors (Lipinski definition) is 1. The first-order valence-electron chi connectivity index (χ1n) is 19.2. The number of esters is 2. The molecule has 0 aromatic carbocycles. The second-order valence-electron chi connectivity index (χ2n) is 12.7. The van der Waals surface area contributed by atoms with Crippen LogP contribution in [-0.4, -0.2) is 36.4 Å². The van der Waals surface area contributed by atoms with Crippen LogP contribution in [0, 0.1) is 0 Å². The maximum Gasteiger partial charge on any atom is 0.305 e. The highest BCUT2D eigenvalue weighted by Gasteiger charge is 2.12. The Morgan fingerprint density at radius 3 is 1.11 bits per heavy atom. The Kier molecular flexibility index (Phi) is 35.6. The van der Waals surface area contributed by atoms with Crippen LogP contribution in [0.3, 0.4) is 0 Å². The molecule has 0 bridgehead atoms. The van der Waals surface area contributed by atoms with Crippen molar-refractivity contribution in [2.24, 2.45) is 0 Å². The van der Waals surface area contributed by atoms with E-state index in [0.717, 1.165) is 64.2 Å². The van der Waals surface area contributed by atoms with Gasteiger partial charge >= 0.3 is 11.9 Å². The summed E-state index contributed by atoms with van der Waals surface area (Å²) in [6, 6.07) is 0. The minimum absolute atomic E-state index is 0.126. The largest absolute Gasteiger partial charge is 0.463 e. The standard InChI is InChI=1S/C41H72O5/c1-3-5-7-9-11-13-15-17-19-21-23-25-27-29-31-33-35-40(43)45-37-39(42)38-46-41(44)36-34-32-30-28-26-24-22-20-18-16-14-12-10-8-6-4-2/h11-14,17-20,39,42H,3-10,15-16,21-38H2,1-2H3/b13-11-,14-12-,19-17-,20-18-. The third-order valence-corrected chi connectivity index (χ3v) is 8.04. The van der Waals surface area contributed by atoms with Crippen molar-refractivity contribution in [1.82, 2.24) is 0 Å². The molecule has 5 nitrogen and oxygen atoms in total. The monoisotopic (exact) mass is 645 g/mol. The van der Waals surface area contributed by atoms with Gasteiger partial charge in [-0.05, 0) is 77.0 Å². The molecule has 0 fully saturated rings. The number of aliphatic hydroxyl groups is 1. The van der Waals surface area contributed by atoms with Crippen LogP contribution in [0.5, 0.6) is 0 Å². The quantitative estimate of drug-likeness (QED) is 0.0429. The van der Waals surface area contributed by atoms with Crippen LogP contribution in [-0.2, 0) is 19.1 Å². The van der Waals surface area contributed by atoms with Crippen molar-refractivity contribution in [2.75, 3.05) is 13.2 Å². The SMILES string of the molecule is CCCCC/C=C\C/C=C\CCCCCCCCC(=O)OCC(O)COC(=O)CCCCCCCC/C=C\C/C=C\CCCCC. The van der Waals surface area contributed by atoms with Gasteiger partial charge in [0, 0.05) is 12.8 Å². The third kappa shape index (κ3) is 36.3. The molecule has 0 aliphatic carbocycles. The topological polar surface area (TPSA) is 72.8 Å². The molecule has 0 radical (unpaired) electrons. The van der Waals surface area contributed by atoms with Gasteiger partial charge < -0.3 is 14.6 Å². The van der Waals surface area contributed by atoms with Gasteiger partial charge in [0.1, 0.15) is 19.3 Å². The number of carbonyl (C=O) groups excluding carboxylic acids is 2. The molecule has 0 aromatic rings. The van der Waals surface area contributed by atoms with Crippen molar-refractivity contribution >= 4 is 11.9 Å². The first-order chi connectivity index (χ1) is 22.6. The minimum Gasteiger partial charge on any atom is -0.463 e. The highest BCUT2D eigenvalue weighted by molar-refractivity contribution is 5.69. The van der Waals surface area contributed by atoms with Gasteiger partial charge in [-0.25, -0.2) is 0 Å². The number of hydrogen-bond acceptors (Lipinski definition) is 5. The van der Waals surface area contributed by atoms with Crippen molar-refractivity contribution < 1.29 is 24.2 Å². The van der Waals surface area contributed by atoms with E-state index in [1.165, 1.54) is 89.9 Å². The van der Waals surface area contributed by atoms with Gasteiger partial charge in [-0.2, -0.15) is 0 Å². The van der Waals surface area contributed by atoms with Crippen LogP contribution < -0.4 is 0 Å². The second kappa shape index (κ2) is 37.3. The maximum absolute atomic E-state index is 12.0. The van der Waals surface area contributed by atoms with Gasteiger partial charge in [0.05, 0.1) is 0 Å². The summed E-state index contributed by atoms with van der Waals surface area (Å²) < 4.78 is 10.3. The normalized spacial score (nSPS) is 12.1. The molecular formula is C41H72O5. The third-order valence-electron chi connectivity index (χ3n) is 8.04. The molecule has 0 saturated heterocycles. The van der Waals surface area contributed by atoms with Crippen molar-refractivity contribution in [2.45, 2.75) is 187 Å². The Balaban J connectivity index is 3.48. The van der Waals surface area contributed by atoms with Gasteiger partial charge in [-0.3, -0.25) is 9.59 Å². The van der Waals surface area contributed by atoms with E-state index in [1.807, 2.05) is 0 Å². The summed E-state index contributed by atoms with van der Waals surface area (Å²) >= 11 is 0. The van der Waals surface area contributed by atoms with E-state index in [1.54, 1.807) is 0 Å². The first kappa shape index (κ1) is 43.9. The molecule has 0 aliphatic heterocycles. The number of carbonyl (C=O) groups is 2. The highest BCUT2D eigenvalue weighted by atomic mass is 16.6. The van der Waals surface area contributed by atoms with Crippen LogP contribution in [0.1, 0.15) is 181 Å². The lowest BCUT2D eigenvalue weighted by Gasteiger charge is -2.12. The average molecular weight is 645 g/mol. The van der Waals surface area contributed by atoms with Crippen LogP contribution >= 0.6 is 0 Å². The summed E-state index contributed by atoms with van der Waals surface area (Å²) in [4.78, 5) is 23.9. The second-order valence-corrected chi connectivity index (χ2v) is 12.7. The molecule has 0 heterocycles. The van der Waals surface area contributed by atoms with Crippen molar-refractivity contribution in [1.29, 1.82) is 0 Å². The molecule has 0 rings (SSSR count). The van der Waals surface area contributed by atoms with E-state index in [9.17, 15) is 14.7 Å². The molecule has 0 amide bonds. The molecule has 0 atom stereocenters. The Morgan fingerprint density at radius 1 is 0.457 bits per heavy atom. The van der Waals surface area contributed by atoms with Crippen LogP contribution in [0.2, 0.25) is 0 Å². The summed E-state index contributed by atoms with van der Waals surface area (Å²) in [5, 5.41) is 10.0. The zero-order valence-corrected chi connectivity index (χ0v) is 30.1. The van der Waals surface area contributed by atoms with E-state index in [4.69, 9.17) is 9.47 Å². The summed E-state index contributed by atoms with van der Waals surface area (Å²) in [5.74, 6) is -0.590. The van der Waals surface area contributed by atoms with Crippen molar-refractivity contribution in [3.05, 3.63) is 48.6 Å². The van der Waals surface area contributed by atoms with E-state index in [-0.39, 0.29) is 25.2 Å². The molecule has 0 unspecified atom stereocenters. The summed E-state index contributed by atoms with van der Waals surface area (Å²) in [6.45, 7) is 4.22.